The average molecular weight is 356 g/mol. The molecule has 3 rings (SSSR count). The number of anilines is 1. The first-order valence-corrected chi connectivity index (χ1v) is 8.13. The Bertz CT molecular complexity index is 778. The lowest BCUT2D eigenvalue weighted by molar-refractivity contribution is 0.683. The number of nitrogen functional groups attached to an aromatic ring is 1. The van der Waals surface area contributed by atoms with Crippen molar-refractivity contribution in [3.63, 3.8) is 0 Å². The number of hydrogen-bond donors (Lipinski definition) is 1. The van der Waals surface area contributed by atoms with Crippen LogP contribution >= 0.6 is 15.9 Å². The highest BCUT2D eigenvalue weighted by Crippen LogP contribution is 2.32. The monoisotopic (exact) mass is 355 g/mol. The maximum atomic E-state index is 6.39. The zero-order chi connectivity index (χ0) is 15.5. The summed E-state index contributed by atoms with van der Waals surface area (Å²) in [7, 11) is 0. The molecule has 1 aromatic heterocycles. The van der Waals surface area contributed by atoms with E-state index >= 15 is 0 Å². The summed E-state index contributed by atoms with van der Waals surface area (Å²) in [5.74, 6) is 0.721. The van der Waals surface area contributed by atoms with Gasteiger partial charge in [0.25, 0.3) is 0 Å². The van der Waals surface area contributed by atoms with Crippen molar-refractivity contribution in [3.8, 4) is 11.1 Å². The van der Waals surface area contributed by atoms with Gasteiger partial charge in [-0.1, -0.05) is 65.3 Å². The molecule has 0 bridgehead atoms. The quantitative estimate of drug-likeness (QED) is 0.748. The Hall–Kier alpha value is -2.07. The van der Waals surface area contributed by atoms with Crippen molar-refractivity contribution in [2.45, 2.75) is 19.9 Å². The summed E-state index contributed by atoms with van der Waals surface area (Å²) in [6.07, 6.45) is 0.855. The van der Waals surface area contributed by atoms with Crippen LogP contribution in [0.5, 0.6) is 0 Å². The summed E-state index contributed by atoms with van der Waals surface area (Å²) in [5, 5.41) is 4.71. The minimum atomic E-state index is 0.688. The number of nitrogens with zero attached hydrogens (tertiary/aromatic N) is 2. The third kappa shape index (κ3) is 2.92. The van der Waals surface area contributed by atoms with Crippen LogP contribution in [0.3, 0.4) is 0 Å². The highest BCUT2D eigenvalue weighted by molar-refractivity contribution is 9.10. The molecule has 0 saturated carbocycles. The summed E-state index contributed by atoms with van der Waals surface area (Å²) < 4.78 is 2.94. The fraction of sp³-hybridized carbons (Fsp3) is 0.167. The Labute approximate surface area is 138 Å². The topological polar surface area (TPSA) is 43.8 Å². The molecule has 1 heterocycles. The van der Waals surface area contributed by atoms with Crippen molar-refractivity contribution in [1.82, 2.24) is 9.78 Å². The van der Waals surface area contributed by atoms with Gasteiger partial charge in [0.05, 0.1) is 12.2 Å². The van der Waals surface area contributed by atoms with Crippen molar-refractivity contribution >= 4 is 21.7 Å². The number of halogens is 1. The third-order valence-electron chi connectivity index (χ3n) is 3.69. The van der Waals surface area contributed by atoms with E-state index in [-0.39, 0.29) is 0 Å². The van der Waals surface area contributed by atoms with E-state index in [1.807, 2.05) is 35.0 Å². The molecule has 0 atom stereocenters. The molecule has 4 heteroatoms. The van der Waals surface area contributed by atoms with Gasteiger partial charge in [-0.15, -0.1) is 0 Å². The smallest absolute Gasteiger partial charge is 0.130 e. The minimum absolute atomic E-state index is 0.688. The molecule has 0 fully saturated rings. The second-order valence-electron chi connectivity index (χ2n) is 5.21. The van der Waals surface area contributed by atoms with Gasteiger partial charge in [-0.25, -0.2) is 4.68 Å². The number of hydrogen-bond acceptors (Lipinski definition) is 2. The Kier molecular flexibility index (Phi) is 4.29. The summed E-state index contributed by atoms with van der Waals surface area (Å²) in [6.45, 7) is 2.80. The Balaban J connectivity index is 2.04. The van der Waals surface area contributed by atoms with Crippen LogP contribution < -0.4 is 5.73 Å². The highest BCUT2D eigenvalue weighted by Gasteiger charge is 2.16. The number of benzene rings is 2. The van der Waals surface area contributed by atoms with Crippen LogP contribution in [0.1, 0.15) is 18.2 Å². The van der Waals surface area contributed by atoms with Crippen molar-refractivity contribution in [2.75, 3.05) is 5.73 Å². The third-order valence-corrected chi connectivity index (χ3v) is 4.18. The summed E-state index contributed by atoms with van der Waals surface area (Å²) in [5.41, 5.74) is 10.8. The lowest BCUT2D eigenvalue weighted by atomic mass is 10.0. The zero-order valence-corrected chi connectivity index (χ0v) is 14.0. The predicted molar refractivity (Wildman–Crippen MR) is 94.7 cm³/mol. The molecule has 0 aliphatic heterocycles. The summed E-state index contributed by atoms with van der Waals surface area (Å²) in [6, 6.07) is 18.4. The standard InChI is InChI=1S/C18H18BrN3/c1-2-16-17(14-9-6-10-15(19)11-14)18(20)22(21-16)12-13-7-4-3-5-8-13/h3-11H,2,12,20H2,1H3. The van der Waals surface area contributed by atoms with Gasteiger partial charge >= 0.3 is 0 Å². The highest BCUT2D eigenvalue weighted by atomic mass is 79.9. The van der Waals surface area contributed by atoms with Gasteiger partial charge in [0.1, 0.15) is 5.82 Å². The van der Waals surface area contributed by atoms with Gasteiger partial charge in [0, 0.05) is 10.0 Å². The molecule has 2 N–H and O–H groups in total. The van der Waals surface area contributed by atoms with E-state index in [0.717, 1.165) is 33.5 Å². The van der Waals surface area contributed by atoms with E-state index in [2.05, 4.69) is 47.1 Å². The fourth-order valence-corrected chi connectivity index (χ4v) is 3.01. The molecule has 0 unspecified atom stereocenters. The lowest BCUT2D eigenvalue weighted by Gasteiger charge is -2.06. The van der Waals surface area contributed by atoms with Gasteiger partial charge in [0.2, 0.25) is 0 Å². The van der Waals surface area contributed by atoms with Crippen LogP contribution in [-0.2, 0) is 13.0 Å². The van der Waals surface area contributed by atoms with Crippen LogP contribution in [0, 0.1) is 0 Å². The van der Waals surface area contributed by atoms with Crippen LogP contribution in [0.2, 0.25) is 0 Å². The molecule has 112 valence electrons. The van der Waals surface area contributed by atoms with E-state index < -0.39 is 0 Å². The van der Waals surface area contributed by atoms with Gasteiger partial charge in [-0.3, -0.25) is 0 Å². The molecular formula is C18H18BrN3. The first-order chi connectivity index (χ1) is 10.7. The van der Waals surface area contributed by atoms with Crippen LogP contribution in [0.25, 0.3) is 11.1 Å². The van der Waals surface area contributed by atoms with Crippen LogP contribution in [-0.4, -0.2) is 9.78 Å². The van der Waals surface area contributed by atoms with Gasteiger partial charge in [-0.05, 0) is 29.7 Å². The molecule has 22 heavy (non-hydrogen) atoms. The Morgan fingerprint density at radius 1 is 1.09 bits per heavy atom. The van der Waals surface area contributed by atoms with Gasteiger partial charge < -0.3 is 5.73 Å². The van der Waals surface area contributed by atoms with Crippen LogP contribution in [0.4, 0.5) is 5.82 Å². The number of aryl methyl sites for hydroxylation is 1. The first-order valence-electron chi connectivity index (χ1n) is 7.34. The largest absolute Gasteiger partial charge is 0.383 e. The van der Waals surface area contributed by atoms with Crippen molar-refractivity contribution in [3.05, 3.63) is 70.3 Å². The SMILES string of the molecule is CCc1nn(Cc2ccccc2)c(N)c1-c1cccc(Br)c1. The van der Waals surface area contributed by atoms with E-state index in [0.29, 0.717) is 6.54 Å². The van der Waals surface area contributed by atoms with Gasteiger partial charge in [-0.2, -0.15) is 5.10 Å². The zero-order valence-electron chi connectivity index (χ0n) is 12.5. The number of nitrogens with two attached hydrogens (primary N) is 1. The molecule has 0 aliphatic rings. The van der Waals surface area contributed by atoms with Crippen molar-refractivity contribution in [2.24, 2.45) is 0 Å². The molecule has 2 aromatic carbocycles. The molecule has 0 radical (unpaired) electrons. The number of aromatic nitrogens is 2. The molecule has 3 nitrogen and oxygen atoms in total. The molecule has 0 spiro atoms. The van der Waals surface area contributed by atoms with Crippen LogP contribution in [0.15, 0.2) is 59.1 Å². The maximum absolute atomic E-state index is 6.39. The first kappa shape index (κ1) is 14.9. The Morgan fingerprint density at radius 2 is 1.86 bits per heavy atom. The molecular weight excluding hydrogens is 338 g/mol. The fourth-order valence-electron chi connectivity index (χ4n) is 2.61. The van der Waals surface area contributed by atoms with Crippen molar-refractivity contribution in [1.29, 1.82) is 0 Å². The maximum Gasteiger partial charge on any atom is 0.130 e. The van der Waals surface area contributed by atoms with E-state index in [9.17, 15) is 0 Å². The minimum Gasteiger partial charge on any atom is -0.383 e. The summed E-state index contributed by atoms with van der Waals surface area (Å²) >= 11 is 3.52. The van der Waals surface area contributed by atoms with Crippen molar-refractivity contribution < 1.29 is 0 Å². The summed E-state index contributed by atoms with van der Waals surface area (Å²) in [4.78, 5) is 0. The molecule has 0 saturated heterocycles. The molecule has 0 aliphatic carbocycles. The molecule has 0 amide bonds. The average Bonchev–Trinajstić information content (AvgIpc) is 2.84. The predicted octanol–water partition coefficient (Wildman–Crippen LogP) is 4.51. The number of rotatable bonds is 4. The van der Waals surface area contributed by atoms with E-state index in [1.165, 1.54) is 5.56 Å². The Morgan fingerprint density at radius 3 is 2.55 bits per heavy atom. The van der Waals surface area contributed by atoms with E-state index in [1.54, 1.807) is 0 Å². The second kappa shape index (κ2) is 6.36. The molecule has 3 aromatic rings. The second-order valence-corrected chi connectivity index (χ2v) is 6.13. The van der Waals surface area contributed by atoms with E-state index in [4.69, 9.17) is 10.8 Å². The van der Waals surface area contributed by atoms with Gasteiger partial charge in [0.15, 0.2) is 0 Å². The normalized spacial score (nSPS) is 10.8. The lowest BCUT2D eigenvalue weighted by Crippen LogP contribution is -2.06.